The molecule has 2 saturated heterocycles. The fourth-order valence-electron chi connectivity index (χ4n) is 4.37. The normalized spacial score (nSPS) is 21.7. The molecule has 3 atom stereocenters. The van der Waals surface area contributed by atoms with Crippen LogP contribution in [0.2, 0.25) is 10.0 Å². The molecule has 9 heteroatoms. The van der Waals surface area contributed by atoms with Gasteiger partial charge in [0.25, 0.3) is 5.91 Å². The summed E-state index contributed by atoms with van der Waals surface area (Å²) < 4.78 is 4.77. The van der Waals surface area contributed by atoms with Crippen molar-refractivity contribution in [3.8, 4) is 0 Å². The second-order valence-electron chi connectivity index (χ2n) is 7.88. The van der Waals surface area contributed by atoms with Crippen molar-refractivity contribution >= 4 is 52.4 Å². The lowest BCUT2D eigenvalue weighted by Gasteiger charge is -2.29. The van der Waals surface area contributed by atoms with E-state index in [4.69, 9.17) is 32.8 Å². The highest BCUT2D eigenvalue weighted by atomic mass is 35.5. The van der Waals surface area contributed by atoms with Crippen LogP contribution < -0.4 is 9.96 Å². The maximum atomic E-state index is 13.6. The van der Waals surface area contributed by atoms with Gasteiger partial charge in [0, 0.05) is 0 Å². The number of rotatable bonds is 4. The number of hydrogen-bond donors (Lipinski definition) is 0. The van der Waals surface area contributed by atoms with Crippen LogP contribution in [0.25, 0.3) is 0 Å². The lowest BCUT2D eigenvalue weighted by Crippen LogP contribution is -2.37. The number of fused-ring (bicyclic) bond motifs is 1. The van der Waals surface area contributed by atoms with E-state index < -0.39 is 35.8 Å². The van der Waals surface area contributed by atoms with Gasteiger partial charge in [-0.15, -0.1) is 0 Å². The van der Waals surface area contributed by atoms with E-state index in [1.54, 1.807) is 35.4 Å². The highest BCUT2D eigenvalue weighted by Gasteiger charge is 2.60. The minimum Gasteiger partial charge on any atom is -0.465 e. The number of nitrogens with zero attached hydrogens (tertiary/aromatic N) is 2. The van der Waals surface area contributed by atoms with E-state index in [1.807, 2.05) is 30.3 Å². The maximum absolute atomic E-state index is 13.6. The summed E-state index contributed by atoms with van der Waals surface area (Å²) in [6.07, 6.45) is -1.02. The third-order valence-corrected chi connectivity index (χ3v) is 6.70. The van der Waals surface area contributed by atoms with Gasteiger partial charge in [0.1, 0.15) is 5.92 Å². The molecule has 0 bridgehead atoms. The van der Waals surface area contributed by atoms with Crippen LogP contribution in [0.4, 0.5) is 11.4 Å². The molecule has 0 radical (unpaired) electrons. The van der Waals surface area contributed by atoms with E-state index in [0.717, 1.165) is 4.90 Å². The van der Waals surface area contributed by atoms with Crippen LogP contribution in [0, 0.1) is 5.92 Å². The van der Waals surface area contributed by atoms with E-state index >= 15 is 0 Å². The molecule has 0 N–H and O–H groups in total. The van der Waals surface area contributed by atoms with Gasteiger partial charge in [-0.25, -0.2) is 14.8 Å². The van der Waals surface area contributed by atoms with Crippen molar-refractivity contribution in [2.45, 2.75) is 12.1 Å². The molecule has 5 rings (SSSR count). The van der Waals surface area contributed by atoms with E-state index in [9.17, 15) is 14.4 Å². The van der Waals surface area contributed by atoms with Crippen molar-refractivity contribution < 1.29 is 24.0 Å². The molecule has 0 saturated carbocycles. The molecule has 0 unspecified atom stereocenters. The number of anilines is 2. The Morgan fingerprint density at radius 2 is 1.59 bits per heavy atom. The topological polar surface area (TPSA) is 76.2 Å². The fourth-order valence-corrected chi connectivity index (χ4v) is 4.66. The number of benzene rings is 3. The van der Waals surface area contributed by atoms with E-state index in [2.05, 4.69) is 0 Å². The van der Waals surface area contributed by atoms with Crippen molar-refractivity contribution in [1.82, 2.24) is 0 Å². The van der Waals surface area contributed by atoms with Gasteiger partial charge in [0.05, 0.1) is 40.1 Å². The SMILES string of the molecule is COC(=O)c1ccc([C@@H]2[C@@H]3C(=O)N(c4ccc(Cl)c(Cl)c4)C(=O)[C@H]3ON2c2ccccc2)cc1. The average Bonchev–Trinajstić information content (AvgIpc) is 3.37. The van der Waals surface area contributed by atoms with Crippen LogP contribution in [-0.4, -0.2) is 31.0 Å². The molecule has 2 heterocycles. The van der Waals surface area contributed by atoms with E-state index in [0.29, 0.717) is 27.5 Å². The number of amides is 2. The van der Waals surface area contributed by atoms with Crippen molar-refractivity contribution in [3.05, 3.63) is 94.0 Å². The minimum absolute atomic E-state index is 0.235. The Balaban J connectivity index is 1.56. The van der Waals surface area contributed by atoms with Gasteiger partial charge in [0.2, 0.25) is 5.91 Å². The first-order valence-corrected chi connectivity index (χ1v) is 11.2. The molecule has 7 nitrogen and oxygen atoms in total. The molecule has 3 aromatic rings. The van der Waals surface area contributed by atoms with Crippen LogP contribution >= 0.6 is 23.2 Å². The number of para-hydroxylation sites is 1. The van der Waals surface area contributed by atoms with Crippen molar-refractivity contribution in [3.63, 3.8) is 0 Å². The van der Waals surface area contributed by atoms with E-state index in [-0.39, 0.29) is 5.02 Å². The molecule has 3 aromatic carbocycles. The number of carbonyl (C=O) groups excluding carboxylic acids is 3. The summed E-state index contributed by atoms with van der Waals surface area (Å²) in [6.45, 7) is 0. The summed E-state index contributed by atoms with van der Waals surface area (Å²) in [5.41, 5.74) is 2.11. The summed E-state index contributed by atoms with van der Waals surface area (Å²) >= 11 is 12.1. The molecule has 0 spiro atoms. The summed E-state index contributed by atoms with van der Waals surface area (Å²) in [4.78, 5) is 46.0. The molecule has 34 heavy (non-hydrogen) atoms. The third kappa shape index (κ3) is 3.62. The Morgan fingerprint density at radius 1 is 0.882 bits per heavy atom. The first-order valence-electron chi connectivity index (χ1n) is 10.4. The Labute approximate surface area is 205 Å². The summed E-state index contributed by atoms with van der Waals surface area (Å²) in [7, 11) is 1.31. The number of halogens is 2. The molecule has 0 aliphatic carbocycles. The third-order valence-electron chi connectivity index (χ3n) is 5.96. The predicted molar refractivity (Wildman–Crippen MR) is 127 cm³/mol. The Bertz CT molecular complexity index is 1280. The Morgan fingerprint density at radius 3 is 2.24 bits per heavy atom. The van der Waals surface area contributed by atoms with Crippen LogP contribution in [0.3, 0.4) is 0 Å². The second kappa shape index (κ2) is 8.76. The van der Waals surface area contributed by atoms with Crippen molar-refractivity contribution in [1.29, 1.82) is 0 Å². The number of hydrogen-bond acceptors (Lipinski definition) is 6. The molecule has 2 fully saturated rings. The molecule has 2 aliphatic heterocycles. The zero-order chi connectivity index (χ0) is 24.0. The highest BCUT2D eigenvalue weighted by molar-refractivity contribution is 6.42. The summed E-state index contributed by atoms with van der Waals surface area (Å²) in [5.74, 6) is -2.17. The molecular weight excluding hydrogens is 479 g/mol. The van der Waals surface area contributed by atoms with Crippen LogP contribution in [0.15, 0.2) is 72.8 Å². The first-order chi connectivity index (χ1) is 16.4. The zero-order valence-corrected chi connectivity index (χ0v) is 19.4. The van der Waals surface area contributed by atoms with Crippen LogP contribution in [0.1, 0.15) is 22.0 Å². The molecule has 2 amide bonds. The number of carbonyl (C=O) groups is 3. The monoisotopic (exact) mass is 496 g/mol. The van der Waals surface area contributed by atoms with Gasteiger partial charge >= 0.3 is 5.97 Å². The standard InChI is InChI=1S/C25H18Cl2N2O5/c1-33-25(32)15-9-7-14(8-10-15)21-20-22(34-29(21)16-5-3-2-4-6-16)24(31)28(23(20)30)17-11-12-18(26)19(27)13-17/h2-13,20-22H,1H3/t20-,21+,22-/m0/s1. The first kappa shape index (κ1) is 22.4. The van der Waals surface area contributed by atoms with Crippen molar-refractivity contribution in [2.75, 3.05) is 17.1 Å². The van der Waals surface area contributed by atoms with Gasteiger partial charge in [-0.1, -0.05) is 53.5 Å². The number of imide groups is 1. The number of ether oxygens (including phenoxy) is 1. The number of esters is 1. The summed E-state index contributed by atoms with van der Waals surface area (Å²) in [6, 6.07) is 19.9. The quantitative estimate of drug-likeness (QED) is 0.380. The lowest BCUT2D eigenvalue weighted by atomic mass is 9.90. The fraction of sp³-hybridized carbons (Fsp3) is 0.160. The van der Waals surface area contributed by atoms with Gasteiger partial charge in [-0.2, -0.15) is 0 Å². The second-order valence-corrected chi connectivity index (χ2v) is 8.70. The number of hydroxylamine groups is 1. The van der Waals surface area contributed by atoms with Crippen LogP contribution in [-0.2, 0) is 19.2 Å². The van der Waals surface area contributed by atoms with Gasteiger partial charge in [-0.3, -0.25) is 14.4 Å². The van der Waals surface area contributed by atoms with Crippen LogP contribution in [0.5, 0.6) is 0 Å². The Hall–Kier alpha value is -3.39. The van der Waals surface area contributed by atoms with Gasteiger partial charge in [0.15, 0.2) is 6.10 Å². The molecular formula is C25H18Cl2N2O5. The highest BCUT2D eigenvalue weighted by Crippen LogP contribution is 2.47. The number of methoxy groups -OCH3 is 1. The van der Waals surface area contributed by atoms with Gasteiger partial charge in [-0.05, 0) is 48.0 Å². The summed E-state index contributed by atoms with van der Waals surface area (Å²) in [5, 5.41) is 2.14. The predicted octanol–water partition coefficient (Wildman–Crippen LogP) is 4.83. The van der Waals surface area contributed by atoms with Crippen molar-refractivity contribution in [2.24, 2.45) is 5.92 Å². The Kier molecular flexibility index (Phi) is 5.77. The molecule has 2 aliphatic rings. The largest absolute Gasteiger partial charge is 0.465 e. The zero-order valence-electron chi connectivity index (χ0n) is 17.9. The lowest BCUT2D eigenvalue weighted by molar-refractivity contribution is -0.126. The smallest absolute Gasteiger partial charge is 0.337 e. The minimum atomic E-state index is -1.02. The molecule has 172 valence electrons. The average molecular weight is 497 g/mol. The maximum Gasteiger partial charge on any atom is 0.337 e. The van der Waals surface area contributed by atoms with Gasteiger partial charge < -0.3 is 4.74 Å². The van der Waals surface area contributed by atoms with E-state index in [1.165, 1.54) is 19.2 Å². The molecule has 0 aromatic heterocycles.